The first-order valence-electron chi connectivity index (χ1n) is 15.0. The lowest BCUT2D eigenvalue weighted by atomic mass is 9.96. The van der Waals surface area contributed by atoms with E-state index in [0.29, 0.717) is 11.8 Å². The number of carbonyl (C=O) groups excluding carboxylic acids is 1. The van der Waals surface area contributed by atoms with Crippen LogP contribution in [-0.4, -0.2) is 84.3 Å². The van der Waals surface area contributed by atoms with Gasteiger partial charge in [-0.2, -0.15) is 21.8 Å². The number of hydrogen-bond acceptors (Lipinski definition) is 13. The molecule has 0 bridgehead atoms. The number of aliphatic hydroxyl groups excluding tert-OH is 1. The SMILES string of the molecule is CSCCC[C@H](NP(=O)(OC[C@H]1O[C@@H](n2cnc3c(=O)[nH]c(N)nc32)[C@](C)(O)[C@@H]1O)Oc1cccc2ccccc12)C(=O)OC(C)C. The smallest absolute Gasteiger partial charge is 0.459 e. The number of rotatable bonds is 14. The second-order valence-corrected chi connectivity index (χ2v) is 14.3. The van der Waals surface area contributed by atoms with Gasteiger partial charge in [0, 0.05) is 5.39 Å². The number of aliphatic hydroxyl groups is 2. The van der Waals surface area contributed by atoms with Gasteiger partial charge in [0.2, 0.25) is 5.95 Å². The molecule has 15 nitrogen and oxygen atoms in total. The summed E-state index contributed by atoms with van der Waals surface area (Å²) in [4.78, 5) is 36.0. The van der Waals surface area contributed by atoms with Crippen molar-refractivity contribution in [3.63, 3.8) is 0 Å². The Morgan fingerprint density at radius 3 is 2.77 bits per heavy atom. The molecule has 0 spiro atoms. The standard InChI is InChI=1S/C30H39N6O9PS/c1-17(2)43-27(39)20(12-8-14-47-4)35-46(41,45-21-13-7-10-18-9-5-6-11-19(18)21)42-15-22-24(37)30(3,40)28(44-22)36-16-32-23-25(36)33-29(31)34-26(23)38/h5-7,9-11,13,16-17,20,22,24,28,37,40H,8,12,14-15H2,1-4H3,(H,35,41)(H3,31,33,34,38)/t20-,22+,24+,28+,30+,46?/m0/s1. The molecule has 0 radical (unpaired) electrons. The molecule has 1 unspecified atom stereocenters. The molecular formula is C30H39N6O9PS. The Labute approximate surface area is 274 Å². The van der Waals surface area contributed by atoms with Gasteiger partial charge in [0.15, 0.2) is 17.4 Å². The predicted molar refractivity (Wildman–Crippen MR) is 177 cm³/mol. The van der Waals surface area contributed by atoms with Crippen LogP contribution in [0.2, 0.25) is 0 Å². The summed E-state index contributed by atoms with van der Waals surface area (Å²) in [6.07, 6.45) is -0.483. The molecule has 0 amide bonds. The summed E-state index contributed by atoms with van der Waals surface area (Å²) < 4.78 is 39.3. The number of carbonyl (C=O) groups is 1. The van der Waals surface area contributed by atoms with E-state index in [1.165, 1.54) is 17.8 Å². The van der Waals surface area contributed by atoms with E-state index < -0.39 is 62.1 Å². The molecule has 1 aliphatic rings. The van der Waals surface area contributed by atoms with Crippen molar-refractivity contribution in [3.05, 3.63) is 59.1 Å². The van der Waals surface area contributed by atoms with Crippen LogP contribution in [0.4, 0.5) is 5.95 Å². The number of fused-ring (bicyclic) bond motifs is 2. The first kappa shape index (κ1) is 34.8. The molecule has 3 heterocycles. The van der Waals surface area contributed by atoms with Crippen molar-refractivity contribution in [2.45, 2.75) is 69.8 Å². The number of H-pyrrole nitrogens is 1. The third-order valence-corrected chi connectivity index (χ3v) is 9.88. The van der Waals surface area contributed by atoms with Crippen LogP contribution in [0, 0.1) is 0 Å². The molecule has 1 saturated heterocycles. The van der Waals surface area contributed by atoms with Gasteiger partial charge in [0.1, 0.15) is 29.6 Å². The zero-order valence-electron chi connectivity index (χ0n) is 26.4. The molecule has 2 aromatic carbocycles. The first-order valence-corrected chi connectivity index (χ1v) is 17.9. The zero-order chi connectivity index (χ0) is 33.9. The molecule has 5 rings (SSSR count). The summed E-state index contributed by atoms with van der Waals surface area (Å²) in [5.41, 5.74) is 3.16. The highest BCUT2D eigenvalue weighted by Gasteiger charge is 2.54. The van der Waals surface area contributed by atoms with Crippen molar-refractivity contribution in [2.24, 2.45) is 0 Å². The highest BCUT2D eigenvalue weighted by Crippen LogP contribution is 2.49. The number of aromatic amines is 1. The summed E-state index contributed by atoms with van der Waals surface area (Å²) in [5, 5.41) is 26.8. The molecule has 6 N–H and O–H groups in total. The number of esters is 1. The van der Waals surface area contributed by atoms with E-state index in [9.17, 15) is 24.4 Å². The maximum Gasteiger partial charge on any atom is 0.459 e. The largest absolute Gasteiger partial charge is 0.462 e. The van der Waals surface area contributed by atoms with Crippen LogP contribution >= 0.6 is 19.5 Å². The van der Waals surface area contributed by atoms with Gasteiger partial charge in [-0.3, -0.25) is 23.7 Å². The summed E-state index contributed by atoms with van der Waals surface area (Å²) in [6.45, 7) is 4.22. The highest BCUT2D eigenvalue weighted by atomic mass is 32.2. The monoisotopic (exact) mass is 690 g/mol. The molecule has 6 atom stereocenters. The van der Waals surface area contributed by atoms with E-state index in [1.54, 1.807) is 49.9 Å². The summed E-state index contributed by atoms with van der Waals surface area (Å²) in [6, 6.07) is 11.5. The molecule has 1 fully saturated rings. The van der Waals surface area contributed by atoms with Gasteiger partial charge in [-0.15, -0.1) is 0 Å². The lowest BCUT2D eigenvalue weighted by Crippen LogP contribution is -2.44. The number of anilines is 1. The van der Waals surface area contributed by atoms with E-state index in [1.807, 2.05) is 24.5 Å². The minimum atomic E-state index is -4.42. The number of benzene rings is 2. The van der Waals surface area contributed by atoms with Gasteiger partial charge in [-0.05, 0) is 57.1 Å². The Morgan fingerprint density at radius 2 is 2.02 bits per heavy atom. The lowest BCUT2D eigenvalue weighted by molar-refractivity contribution is -0.149. The van der Waals surface area contributed by atoms with E-state index in [0.717, 1.165) is 11.1 Å². The van der Waals surface area contributed by atoms with Crippen molar-refractivity contribution < 1.29 is 38.1 Å². The summed E-state index contributed by atoms with van der Waals surface area (Å²) >= 11 is 1.60. The Bertz CT molecular complexity index is 1830. The average Bonchev–Trinajstić information content (AvgIpc) is 3.53. The number of ether oxygens (including phenoxy) is 2. The third-order valence-electron chi connectivity index (χ3n) is 7.63. The van der Waals surface area contributed by atoms with E-state index in [4.69, 9.17) is 24.3 Å². The van der Waals surface area contributed by atoms with Crippen LogP contribution < -0.4 is 20.9 Å². The van der Waals surface area contributed by atoms with Crippen LogP contribution in [0.15, 0.2) is 53.6 Å². The Morgan fingerprint density at radius 1 is 1.28 bits per heavy atom. The molecule has 0 aliphatic carbocycles. The molecule has 47 heavy (non-hydrogen) atoms. The van der Waals surface area contributed by atoms with E-state index >= 15 is 0 Å². The number of aromatic nitrogens is 4. The van der Waals surface area contributed by atoms with Crippen LogP contribution in [0.5, 0.6) is 5.75 Å². The minimum Gasteiger partial charge on any atom is -0.462 e. The Balaban J connectivity index is 1.44. The number of nitrogens with two attached hydrogens (primary N) is 1. The van der Waals surface area contributed by atoms with Crippen molar-refractivity contribution in [1.29, 1.82) is 0 Å². The number of nitrogen functional groups attached to an aromatic ring is 1. The summed E-state index contributed by atoms with van der Waals surface area (Å²) in [7, 11) is -4.42. The minimum absolute atomic E-state index is 0.0219. The number of nitrogens with zero attached hydrogens (tertiary/aromatic N) is 3. The summed E-state index contributed by atoms with van der Waals surface area (Å²) in [5.74, 6) is 0.176. The third kappa shape index (κ3) is 7.64. The normalized spacial score (nSPS) is 23.3. The van der Waals surface area contributed by atoms with Crippen molar-refractivity contribution in [1.82, 2.24) is 24.6 Å². The second-order valence-electron chi connectivity index (χ2n) is 11.6. The van der Waals surface area contributed by atoms with Crippen LogP contribution in [0.1, 0.15) is 39.8 Å². The molecular weight excluding hydrogens is 651 g/mol. The van der Waals surface area contributed by atoms with Gasteiger partial charge in [-0.1, -0.05) is 36.4 Å². The fourth-order valence-electron chi connectivity index (χ4n) is 5.33. The van der Waals surface area contributed by atoms with Crippen molar-refractivity contribution in [2.75, 3.05) is 24.3 Å². The Kier molecular flexibility index (Phi) is 10.6. The quantitative estimate of drug-likeness (QED) is 0.0731. The molecule has 254 valence electrons. The predicted octanol–water partition coefficient (Wildman–Crippen LogP) is 3.12. The van der Waals surface area contributed by atoms with Crippen molar-refractivity contribution >= 4 is 53.4 Å². The maximum atomic E-state index is 14.6. The Hall–Kier alpha value is -3.50. The van der Waals surface area contributed by atoms with Crippen LogP contribution in [-0.2, 0) is 23.4 Å². The number of hydrogen-bond donors (Lipinski definition) is 5. The zero-order valence-corrected chi connectivity index (χ0v) is 28.1. The van der Waals surface area contributed by atoms with Gasteiger partial charge in [0.05, 0.1) is 19.0 Å². The van der Waals surface area contributed by atoms with Gasteiger partial charge in [0.25, 0.3) is 5.56 Å². The van der Waals surface area contributed by atoms with Gasteiger partial charge >= 0.3 is 13.7 Å². The van der Waals surface area contributed by atoms with Crippen LogP contribution in [0.3, 0.4) is 0 Å². The first-order chi connectivity index (χ1) is 22.3. The fraction of sp³-hybridized carbons (Fsp3) is 0.467. The molecule has 1 aliphatic heterocycles. The van der Waals surface area contributed by atoms with Gasteiger partial charge in [-0.25, -0.2) is 9.55 Å². The second kappa shape index (κ2) is 14.3. The number of imidazole rings is 1. The average molecular weight is 691 g/mol. The van der Waals surface area contributed by atoms with Gasteiger partial charge < -0.3 is 29.9 Å². The maximum absolute atomic E-state index is 14.6. The highest BCUT2D eigenvalue weighted by molar-refractivity contribution is 7.98. The number of thioether (sulfide) groups is 1. The van der Waals surface area contributed by atoms with E-state index in [2.05, 4.69) is 20.0 Å². The molecule has 2 aromatic heterocycles. The number of nitrogens with one attached hydrogen (secondary N) is 2. The lowest BCUT2D eigenvalue weighted by Gasteiger charge is -2.28. The molecule has 0 saturated carbocycles. The fourth-order valence-corrected chi connectivity index (χ4v) is 7.34. The molecule has 4 aromatic rings. The van der Waals surface area contributed by atoms with Crippen LogP contribution in [0.25, 0.3) is 21.9 Å². The topological polar surface area (TPSA) is 213 Å². The van der Waals surface area contributed by atoms with Crippen molar-refractivity contribution in [3.8, 4) is 5.75 Å². The van der Waals surface area contributed by atoms with E-state index in [-0.39, 0.29) is 29.3 Å². The molecule has 17 heteroatoms.